The Balaban J connectivity index is 1.63. The van der Waals surface area contributed by atoms with Crippen molar-refractivity contribution in [1.29, 1.82) is 0 Å². The first-order valence-corrected chi connectivity index (χ1v) is 10.7. The number of aliphatic hydroxyl groups excluding tert-OH is 1. The van der Waals surface area contributed by atoms with Gasteiger partial charge in [-0.1, -0.05) is 54.1 Å². The average molecular weight is 434 g/mol. The highest BCUT2D eigenvalue weighted by molar-refractivity contribution is 6.32. The molecule has 0 atom stereocenters. The van der Waals surface area contributed by atoms with Crippen molar-refractivity contribution in [1.82, 2.24) is 0 Å². The van der Waals surface area contributed by atoms with Crippen LogP contribution in [0.15, 0.2) is 84.9 Å². The second-order valence-corrected chi connectivity index (χ2v) is 8.09. The van der Waals surface area contributed by atoms with Crippen molar-refractivity contribution in [2.24, 2.45) is 0 Å². The molecule has 1 aliphatic carbocycles. The fraction of sp³-hybridized carbons (Fsp3) is 0.0714. The lowest BCUT2D eigenvalue weighted by Gasteiger charge is -2.24. The van der Waals surface area contributed by atoms with Gasteiger partial charge in [-0.3, -0.25) is 9.59 Å². The molecule has 4 aromatic rings. The van der Waals surface area contributed by atoms with Crippen LogP contribution in [0.2, 0.25) is 0 Å². The molecule has 0 saturated heterocycles. The van der Waals surface area contributed by atoms with Crippen molar-refractivity contribution in [2.75, 3.05) is 10.6 Å². The van der Waals surface area contributed by atoms with Crippen molar-refractivity contribution >= 4 is 34.3 Å². The molecule has 5 nitrogen and oxygen atoms in total. The summed E-state index contributed by atoms with van der Waals surface area (Å²) in [4.78, 5) is 27.1. The Morgan fingerprint density at radius 2 is 1.09 bits per heavy atom. The number of hydrogen-bond donors (Lipinski definition) is 3. The van der Waals surface area contributed by atoms with E-state index < -0.39 is 0 Å². The maximum atomic E-state index is 13.6. The second kappa shape index (κ2) is 8.37. The first-order chi connectivity index (χ1) is 16.0. The van der Waals surface area contributed by atoms with E-state index >= 15 is 0 Å². The van der Waals surface area contributed by atoms with Gasteiger partial charge in [0.1, 0.15) is 0 Å². The van der Waals surface area contributed by atoms with Crippen LogP contribution in [0, 0.1) is 6.92 Å². The van der Waals surface area contributed by atoms with Crippen LogP contribution < -0.4 is 10.6 Å². The van der Waals surface area contributed by atoms with Crippen LogP contribution in [-0.4, -0.2) is 16.7 Å². The number of carbonyl (C=O) groups is 2. The molecule has 162 valence electrons. The van der Waals surface area contributed by atoms with Crippen molar-refractivity contribution < 1.29 is 14.7 Å². The number of ketones is 2. The van der Waals surface area contributed by atoms with E-state index in [1.54, 1.807) is 24.3 Å². The molecule has 3 N–H and O–H groups in total. The molecule has 0 fully saturated rings. The number of carbonyl (C=O) groups excluding carboxylic acids is 2. The number of benzene rings is 4. The fourth-order valence-electron chi connectivity index (χ4n) is 4.07. The third-order valence-electron chi connectivity index (χ3n) is 5.82. The van der Waals surface area contributed by atoms with Gasteiger partial charge in [-0.05, 0) is 48.9 Å². The number of fused-ring (bicyclic) bond motifs is 2. The van der Waals surface area contributed by atoms with E-state index in [0.717, 1.165) is 22.5 Å². The molecule has 0 amide bonds. The van der Waals surface area contributed by atoms with Crippen LogP contribution in [0.5, 0.6) is 0 Å². The summed E-state index contributed by atoms with van der Waals surface area (Å²) in [5, 5.41) is 15.9. The molecule has 0 aromatic heterocycles. The summed E-state index contributed by atoms with van der Waals surface area (Å²) in [6.07, 6.45) is 0. The fourth-order valence-corrected chi connectivity index (χ4v) is 4.07. The SMILES string of the molecule is Cc1ccc(Nc2ccc(Nc3ccc(CO)cc3)c3c2C(=O)c2ccccc2C3=O)cc1. The van der Waals surface area contributed by atoms with E-state index in [-0.39, 0.29) is 18.2 Å². The average Bonchev–Trinajstić information content (AvgIpc) is 2.85. The highest BCUT2D eigenvalue weighted by atomic mass is 16.3. The lowest BCUT2D eigenvalue weighted by atomic mass is 9.82. The summed E-state index contributed by atoms with van der Waals surface area (Å²) in [6.45, 7) is 1.97. The van der Waals surface area contributed by atoms with Crippen LogP contribution in [0.25, 0.3) is 0 Å². The van der Waals surface area contributed by atoms with Crippen LogP contribution in [0.4, 0.5) is 22.7 Å². The van der Waals surface area contributed by atoms with Gasteiger partial charge in [-0.25, -0.2) is 0 Å². The van der Waals surface area contributed by atoms with E-state index in [9.17, 15) is 14.7 Å². The van der Waals surface area contributed by atoms with Gasteiger partial charge >= 0.3 is 0 Å². The van der Waals surface area contributed by atoms with Gasteiger partial charge in [0.15, 0.2) is 11.6 Å². The maximum absolute atomic E-state index is 13.6. The second-order valence-electron chi connectivity index (χ2n) is 8.09. The van der Waals surface area contributed by atoms with Crippen molar-refractivity contribution in [2.45, 2.75) is 13.5 Å². The Morgan fingerprint density at radius 1 is 0.636 bits per heavy atom. The topological polar surface area (TPSA) is 78.4 Å². The Kier molecular flexibility index (Phi) is 5.24. The molecule has 1 aliphatic rings. The minimum atomic E-state index is -0.192. The monoisotopic (exact) mass is 434 g/mol. The summed E-state index contributed by atoms with van der Waals surface area (Å²) in [7, 11) is 0. The number of aryl methyl sites for hydroxylation is 1. The van der Waals surface area contributed by atoms with E-state index in [0.29, 0.717) is 33.6 Å². The van der Waals surface area contributed by atoms with E-state index in [4.69, 9.17) is 0 Å². The summed E-state index contributed by atoms with van der Waals surface area (Å²) < 4.78 is 0. The van der Waals surface area contributed by atoms with Crippen LogP contribution in [-0.2, 0) is 6.61 Å². The van der Waals surface area contributed by atoms with E-state index in [2.05, 4.69) is 10.6 Å². The van der Waals surface area contributed by atoms with E-state index in [1.807, 2.05) is 67.6 Å². The number of hydrogen-bond acceptors (Lipinski definition) is 5. The van der Waals surface area contributed by atoms with E-state index in [1.165, 1.54) is 0 Å². The molecule has 0 spiro atoms. The quantitative estimate of drug-likeness (QED) is 0.328. The Labute approximate surface area is 191 Å². The van der Waals surface area contributed by atoms with Crippen LogP contribution in [0.1, 0.15) is 43.0 Å². The highest BCUT2D eigenvalue weighted by Crippen LogP contribution is 2.38. The van der Waals surface area contributed by atoms with Crippen LogP contribution in [0.3, 0.4) is 0 Å². The van der Waals surface area contributed by atoms with Gasteiger partial charge in [0.25, 0.3) is 0 Å². The Hall–Kier alpha value is -4.22. The molecular formula is C28H22N2O3. The minimum absolute atomic E-state index is 0.0428. The van der Waals surface area contributed by atoms with Crippen molar-refractivity contribution in [3.8, 4) is 0 Å². The molecular weight excluding hydrogens is 412 g/mol. The standard InChI is InChI=1S/C28H22N2O3/c1-17-6-10-19(11-7-17)29-23-14-15-24(30-20-12-8-18(16-31)9-13-20)26-25(23)27(32)21-4-2-3-5-22(21)28(26)33/h2-15,29-31H,16H2,1H3. The molecule has 0 bridgehead atoms. The lowest BCUT2D eigenvalue weighted by Crippen LogP contribution is -2.23. The number of nitrogens with one attached hydrogen (secondary N) is 2. The highest BCUT2D eigenvalue weighted by Gasteiger charge is 2.34. The van der Waals surface area contributed by atoms with Crippen molar-refractivity contribution in [3.05, 3.63) is 118 Å². The van der Waals surface area contributed by atoms with Gasteiger partial charge in [0.05, 0.1) is 29.1 Å². The maximum Gasteiger partial charge on any atom is 0.196 e. The largest absolute Gasteiger partial charge is 0.392 e. The van der Waals surface area contributed by atoms with Gasteiger partial charge in [0, 0.05) is 22.5 Å². The van der Waals surface area contributed by atoms with Gasteiger partial charge in [-0.2, -0.15) is 0 Å². The predicted octanol–water partition coefficient (Wildman–Crippen LogP) is 5.75. The molecule has 0 aliphatic heterocycles. The summed E-state index contributed by atoms with van der Waals surface area (Å²) in [5.41, 5.74) is 6.18. The third kappa shape index (κ3) is 3.79. The van der Waals surface area contributed by atoms with Gasteiger partial charge in [0.2, 0.25) is 0 Å². The Morgan fingerprint density at radius 3 is 1.55 bits per heavy atom. The summed E-state index contributed by atoms with van der Waals surface area (Å²) in [5.74, 6) is -0.378. The number of anilines is 4. The molecule has 33 heavy (non-hydrogen) atoms. The molecule has 0 radical (unpaired) electrons. The first kappa shape index (κ1) is 20.7. The number of aliphatic hydroxyl groups is 1. The van der Waals surface area contributed by atoms with Crippen LogP contribution >= 0.6 is 0 Å². The third-order valence-corrected chi connectivity index (χ3v) is 5.82. The zero-order valence-corrected chi connectivity index (χ0v) is 18.1. The van der Waals surface area contributed by atoms with Crippen molar-refractivity contribution in [3.63, 3.8) is 0 Å². The molecule has 5 heteroatoms. The smallest absolute Gasteiger partial charge is 0.196 e. The molecule has 5 rings (SSSR count). The zero-order valence-electron chi connectivity index (χ0n) is 18.1. The normalized spacial score (nSPS) is 12.2. The summed E-state index contributed by atoms with van der Waals surface area (Å²) in [6, 6.07) is 25.7. The molecule has 4 aromatic carbocycles. The summed E-state index contributed by atoms with van der Waals surface area (Å²) >= 11 is 0. The number of rotatable bonds is 5. The Bertz CT molecular complexity index is 1370. The molecule has 0 heterocycles. The van der Waals surface area contributed by atoms with Gasteiger partial charge < -0.3 is 15.7 Å². The minimum Gasteiger partial charge on any atom is -0.392 e. The molecule has 0 saturated carbocycles. The molecule has 0 unspecified atom stereocenters. The van der Waals surface area contributed by atoms with Gasteiger partial charge in [-0.15, -0.1) is 0 Å². The zero-order chi connectivity index (χ0) is 22.9. The first-order valence-electron chi connectivity index (χ1n) is 10.7. The predicted molar refractivity (Wildman–Crippen MR) is 130 cm³/mol. The lowest BCUT2D eigenvalue weighted by molar-refractivity contribution is 0.0980.